The monoisotopic (exact) mass is 399 g/mol. The summed E-state index contributed by atoms with van der Waals surface area (Å²) in [7, 11) is 0. The number of aromatic nitrogens is 2. The summed E-state index contributed by atoms with van der Waals surface area (Å²) in [6, 6.07) is 11.3. The highest BCUT2D eigenvalue weighted by molar-refractivity contribution is 7.99. The number of thiophene rings is 1. The molecule has 0 aliphatic carbocycles. The quantitative estimate of drug-likeness (QED) is 0.495. The van der Waals surface area contributed by atoms with Gasteiger partial charge in [0.05, 0.1) is 16.8 Å². The van der Waals surface area contributed by atoms with Gasteiger partial charge in [-0.25, -0.2) is 4.98 Å². The molecular formula is C20H21N3O2S2. The lowest BCUT2D eigenvalue weighted by Crippen LogP contribution is -2.40. The minimum Gasteiger partial charge on any atom is -0.342 e. The van der Waals surface area contributed by atoms with Crippen LogP contribution in [-0.2, 0) is 4.79 Å². The van der Waals surface area contributed by atoms with Gasteiger partial charge in [-0.15, -0.1) is 11.3 Å². The van der Waals surface area contributed by atoms with Crippen molar-refractivity contribution in [2.45, 2.75) is 24.9 Å². The second-order valence-corrected chi connectivity index (χ2v) is 8.72. The van der Waals surface area contributed by atoms with Crippen LogP contribution < -0.4 is 5.56 Å². The molecule has 1 amide bonds. The number of hydrogen-bond acceptors (Lipinski definition) is 5. The first-order chi connectivity index (χ1) is 13.1. The van der Waals surface area contributed by atoms with E-state index in [1.807, 2.05) is 46.7 Å². The Morgan fingerprint density at radius 2 is 2.11 bits per heavy atom. The summed E-state index contributed by atoms with van der Waals surface area (Å²) in [6.45, 7) is 3.83. The summed E-state index contributed by atoms with van der Waals surface area (Å²) in [5.41, 5.74) is 0.679. The number of nitrogens with zero attached hydrogens (tertiary/aromatic N) is 3. The molecule has 0 bridgehead atoms. The Bertz CT molecular complexity index is 1010. The Kier molecular flexibility index (Phi) is 5.31. The van der Waals surface area contributed by atoms with Gasteiger partial charge in [-0.1, -0.05) is 36.9 Å². The average molecular weight is 400 g/mol. The molecule has 3 aromatic rings. The third-order valence-corrected chi connectivity index (χ3v) is 6.55. The van der Waals surface area contributed by atoms with Gasteiger partial charge in [0.1, 0.15) is 4.83 Å². The third-order valence-electron chi connectivity index (χ3n) is 4.82. The van der Waals surface area contributed by atoms with E-state index in [4.69, 9.17) is 0 Å². The maximum atomic E-state index is 13.0. The molecule has 2 aromatic heterocycles. The topological polar surface area (TPSA) is 55.2 Å². The van der Waals surface area contributed by atoms with Gasteiger partial charge < -0.3 is 4.90 Å². The van der Waals surface area contributed by atoms with Crippen LogP contribution in [-0.4, -0.2) is 39.2 Å². The summed E-state index contributed by atoms with van der Waals surface area (Å²) in [4.78, 5) is 33.0. The van der Waals surface area contributed by atoms with Gasteiger partial charge in [-0.3, -0.25) is 14.2 Å². The molecule has 4 rings (SSSR count). The number of hydrogen-bond donors (Lipinski definition) is 0. The van der Waals surface area contributed by atoms with Gasteiger partial charge in [0.25, 0.3) is 5.56 Å². The molecular weight excluding hydrogens is 378 g/mol. The van der Waals surface area contributed by atoms with Crippen LogP contribution in [0.1, 0.15) is 19.8 Å². The fourth-order valence-corrected chi connectivity index (χ4v) is 5.15. The lowest BCUT2D eigenvalue weighted by atomic mass is 10.0. The van der Waals surface area contributed by atoms with Crippen LogP contribution in [0.2, 0.25) is 0 Å². The van der Waals surface area contributed by atoms with Crippen molar-refractivity contribution in [3.8, 4) is 5.69 Å². The SMILES string of the molecule is C[C@@H]1CCCN(C(=O)CSc2nc3sccc3c(=O)n2-c2ccccc2)C1. The molecule has 0 radical (unpaired) electrons. The van der Waals surface area contributed by atoms with Crippen molar-refractivity contribution in [2.24, 2.45) is 5.92 Å². The largest absolute Gasteiger partial charge is 0.342 e. The molecule has 1 atom stereocenters. The van der Waals surface area contributed by atoms with Crippen LogP contribution in [0.25, 0.3) is 15.9 Å². The fourth-order valence-electron chi connectivity index (χ4n) is 3.43. The van der Waals surface area contributed by atoms with Crippen molar-refractivity contribution in [2.75, 3.05) is 18.8 Å². The molecule has 0 spiro atoms. The van der Waals surface area contributed by atoms with Crippen molar-refractivity contribution in [3.05, 3.63) is 52.1 Å². The van der Waals surface area contributed by atoms with Crippen molar-refractivity contribution in [1.29, 1.82) is 0 Å². The zero-order valence-corrected chi connectivity index (χ0v) is 16.8. The molecule has 3 heterocycles. The zero-order chi connectivity index (χ0) is 18.8. The normalized spacial score (nSPS) is 17.4. The number of thioether (sulfide) groups is 1. The third kappa shape index (κ3) is 3.80. The zero-order valence-electron chi connectivity index (χ0n) is 15.1. The van der Waals surface area contributed by atoms with Crippen molar-refractivity contribution in [1.82, 2.24) is 14.5 Å². The minimum atomic E-state index is -0.0889. The lowest BCUT2D eigenvalue weighted by Gasteiger charge is -2.30. The Balaban J connectivity index is 1.64. The van der Waals surface area contributed by atoms with Crippen molar-refractivity contribution >= 4 is 39.2 Å². The second-order valence-electron chi connectivity index (χ2n) is 6.89. The summed E-state index contributed by atoms with van der Waals surface area (Å²) in [5, 5.41) is 3.06. The van der Waals surface area contributed by atoms with E-state index in [1.54, 1.807) is 4.57 Å². The Hall–Kier alpha value is -2.12. The lowest BCUT2D eigenvalue weighted by molar-refractivity contribution is -0.130. The van der Waals surface area contributed by atoms with Crippen molar-refractivity contribution < 1.29 is 4.79 Å². The molecule has 1 aliphatic heterocycles. The van der Waals surface area contributed by atoms with E-state index in [2.05, 4.69) is 11.9 Å². The van der Waals surface area contributed by atoms with Crippen LogP contribution in [0.4, 0.5) is 0 Å². The fraction of sp³-hybridized carbons (Fsp3) is 0.350. The van der Waals surface area contributed by atoms with E-state index < -0.39 is 0 Å². The highest BCUT2D eigenvalue weighted by Crippen LogP contribution is 2.25. The number of rotatable bonds is 4. The van der Waals surface area contributed by atoms with Crippen LogP contribution in [0.5, 0.6) is 0 Å². The maximum Gasteiger partial charge on any atom is 0.267 e. The molecule has 140 valence electrons. The first-order valence-electron chi connectivity index (χ1n) is 9.10. The number of benzene rings is 1. The van der Waals surface area contributed by atoms with E-state index in [-0.39, 0.29) is 11.5 Å². The summed E-state index contributed by atoms with van der Waals surface area (Å²) >= 11 is 2.79. The Morgan fingerprint density at radius 3 is 2.89 bits per heavy atom. The van der Waals surface area contributed by atoms with Crippen LogP contribution in [0.15, 0.2) is 51.7 Å². The number of para-hydroxylation sites is 1. The van der Waals surface area contributed by atoms with Gasteiger partial charge in [-0.05, 0) is 42.3 Å². The van der Waals surface area contributed by atoms with E-state index in [0.29, 0.717) is 27.0 Å². The molecule has 0 unspecified atom stereocenters. The van der Waals surface area contributed by atoms with Crippen LogP contribution in [0, 0.1) is 5.92 Å². The molecule has 0 N–H and O–H groups in total. The van der Waals surface area contributed by atoms with Gasteiger partial charge in [0.2, 0.25) is 5.91 Å². The summed E-state index contributed by atoms with van der Waals surface area (Å²) in [5.74, 6) is 0.963. The number of likely N-dealkylation sites (tertiary alicyclic amines) is 1. The predicted molar refractivity (Wildman–Crippen MR) is 111 cm³/mol. The molecule has 5 nitrogen and oxygen atoms in total. The van der Waals surface area contributed by atoms with E-state index >= 15 is 0 Å². The highest BCUT2D eigenvalue weighted by Gasteiger charge is 2.22. The maximum absolute atomic E-state index is 13.0. The molecule has 1 aromatic carbocycles. The van der Waals surface area contributed by atoms with Gasteiger partial charge in [0.15, 0.2) is 5.16 Å². The van der Waals surface area contributed by atoms with Gasteiger partial charge in [0, 0.05) is 13.1 Å². The summed E-state index contributed by atoms with van der Waals surface area (Å²) < 4.78 is 1.62. The molecule has 1 fully saturated rings. The standard InChI is InChI=1S/C20H21N3O2S2/c1-14-6-5-10-22(12-14)17(24)13-27-20-21-18-16(9-11-26-18)19(25)23(20)15-7-3-2-4-8-15/h2-4,7-9,11,14H,5-6,10,12-13H2,1H3/t14-/m1/s1. The van der Waals surface area contributed by atoms with Crippen LogP contribution >= 0.6 is 23.1 Å². The number of fused-ring (bicyclic) bond motifs is 1. The molecule has 0 saturated carbocycles. The smallest absolute Gasteiger partial charge is 0.267 e. The minimum absolute atomic E-state index is 0.0889. The Morgan fingerprint density at radius 1 is 1.30 bits per heavy atom. The molecule has 1 saturated heterocycles. The van der Waals surface area contributed by atoms with E-state index in [0.717, 1.165) is 25.2 Å². The first kappa shape index (κ1) is 18.3. The number of carbonyl (C=O) groups is 1. The highest BCUT2D eigenvalue weighted by atomic mass is 32.2. The first-order valence-corrected chi connectivity index (χ1v) is 11.0. The average Bonchev–Trinajstić information content (AvgIpc) is 3.16. The summed E-state index contributed by atoms with van der Waals surface area (Å²) in [6.07, 6.45) is 2.24. The van der Waals surface area contributed by atoms with Gasteiger partial charge >= 0.3 is 0 Å². The van der Waals surface area contributed by atoms with Crippen LogP contribution in [0.3, 0.4) is 0 Å². The van der Waals surface area contributed by atoms with E-state index in [1.165, 1.54) is 29.5 Å². The molecule has 7 heteroatoms. The van der Waals surface area contributed by atoms with Crippen molar-refractivity contribution in [3.63, 3.8) is 0 Å². The Labute approximate surface area is 166 Å². The predicted octanol–water partition coefficient (Wildman–Crippen LogP) is 3.80. The molecule has 1 aliphatic rings. The molecule has 27 heavy (non-hydrogen) atoms. The number of carbonyl (C=O) groups excluding carboxylic acids is 1. The number of piperidine rings is 1. The van der Waals surface area contributed by atoms with E-state index in [9.17, 15) is 9.59 Å². The number of amides is 1. The second kappa shape index (κ2) is 7.86. The van der Waals surface area contributed by atoms with Gasteiger partial charge in [-0.2, -0.15) is 0 Å².